The van der Waals surface area contributed by atoms with Crippen LogP contribution < -0.4 is 5.32 Å². The van der Waals surface area contributed by atoms with Gasteiger partial charge in [0, 0.05) is 18.8 Å². The van der Waals surface area contributed by atoms with Crippen LogP contribution in [0.1, 0.15) is 48.9 Å². The molecule has 2 amide bonds. The second-order valence-electron chi connectivity index (χ2n) is 8.13. The van der Waals surface area contributed by atoms with Gasteiger partial charge in [-0.2, -0.15) is 0 Å². The molecule has 0 radical (unpaired) electrons. The molecule has 31 heavy (non-hydrogen) atoms. The zero-order chi connectivity index (χ0) is 22.6. The number of nitrogens with one attached hydrogen (secondary N) is 1. The minimum atomic E-state index is -0.477. The van der Waals surface area contributed by atoms with Crippen molar-refractivity contribution >= 4 is 23.6 Å². The number of unbranched alkanes of at least 4 members (excludes halogenated alkanes) is 1. The SMILES string of the molecule is CCCCNC(=O)[C@@H](C)N(CCc1ccccc1)C(=O)CSCc1cc(C)cc(C)c1. The number of nitrogens with zero attached hydrogens (tertiary/aromatic N) is 1. The second kappa shape index (κ2) is 13.2. The molecule has 168 valence electrons. The maximum Gasteiger partial charge on any atom is 0.242 e. The molecule has 0 bridgehead atoms. The van der Waals surface area contributed by atoms with Crippen LogP contribution in [-0.4, -0.2) is 41.6 Å². The molecule has 0 aromatic heterocycles. The van der Waals surface area contributed by atoms with E-state index in [9.17, 15) is 9.59 Å². The van der Waals surface area contributed by atoms with Gasteiger partial charge in [-0.25, -0.2) is 0 Å². The summed E-state index contributed by atoms with van der Waals surface area (Å²) in [6, 6.07) is 16.1. The number of benzene rings is 2. The molecule has 0 spiro atoms. The molecule has 2 rings (SSSR count). The summed E-state index contributed by atoms with van der Waals surface area (Å²) in [6.45, 7) is 9.31. The zero-order valence-corrected chi connectivity index (χ0v) is 20.1. The largest absolute Gasteiger partial charge is 0.354 e. The van der Waals surface area contributed by atoms with Crippen molar-refractivity contribution in [3.05, 3.63) is 70.8 Å². The van der Waals surface area contributed by atoms with Crippen LogP contribution >= 0.6 is 11.8 Å². The van der Waals surface area contributed by atoms with E-state index in [2.05, 4.69) is 56.4 Å². The van der Waals surface area contributed by atoms with Gasteiger partial charge >= 0.3 is 0 Å². The van der Waals surface area contributed by atoms with Crippen LogP contribution in [0.3, 0.4) is 0 Å². The summed E-state index contributed by atoms with van der Waals surface area (Å²) in [5.74, 6) is 1.10. The van der Waals surface area contributed by atoms with E-state index in [0.717, 1.165) is 25.0 Å². The zero-order valence-electron chi connectivity index (χ0n) is 19.3. The topological polar surface area (TPSA) is 49.4 Å². The first-order valence-electron chi connectivity index (χ1n) is 11.2. The molecule has 4 nitrogen and oxygen atoms in total. The Kier molecular flexibility index (Phi) is 10.6. The standard InChI is InChI=1S/C26H36N2O2S/c1-5-6-13-27-26(30)22(4)28(14-12-23-10-8-7-9-11-23)25(29)19-31-18-24-16-20(2)15-21(3)17-24/h7-11,15-17,22H,5-6,12-14,18-19H2,1-4H3,(H,27,30)/t22-/m1/s1. The number of aryl methyl sites for hydroxylation is 2. The van der Waals surface area contributed by atoms with E-state index in [0.29, 0.717) is 18.8 Å². The number of amides is 2. The Morgan fingerprint density at radius 3 is 2.35 bits per heavy atom. The lowest BCUT2D eigenvalue weighted by molar-refractivity contribution is -0.137. The van der Waals surface area contributed by atoms with Crippen molar-refractivity contribution in [2.75, 3.05) is 18.8 Å². The van der Waals surface area contributed by atoms with E-state index >= 15 is 0 Å². The fourth-order valence-corrected chi connectivity index (χ4v) is 4.44. The number of carbonyl (C=O) groups excluding carboxylic acids is 2. The number of rotatable bonds is 12. The van der Waals surface area contributed by atoms with Crippen LogP contribution in [0.25, 0.3) is 0 Å². The third kappa shape index (κ3) is 8.78. The van der Waals surface area contributed by atoms with E-state index in [-0.39, 0.29) is 11.8 Å². The third-order valence-electron chi connectivity index (χ3n) is 5.26. The smallest absolute Gasteiger partial charge is 0.242 e. The molecular formula is C26H36N2O2S. The lowest BCUT2D eigenvalue weighted by atomic mass is 10.1. The summed E-state index contributed by atoms with van der Waals surface area (Å²) >= 11 is 1.61. The molecule has 1 N–H and O–H groups in total. The van der Waals surface area contributed by atoms with E-state index in [1.54, 1.807) is 16.7 Å². The molecule has 0 unspecified atom stereocenters. The Hall–Kier alpha value is -2.27. The van der Waals surface area contributed by atoms with Crippen molar-refractivity contribution in [3.63, 3.8) is 0 Å². The Labute approximate surface area is 191 Å². The fraction of sp³-hybridized carbons (Fsp3) is 0.462. The summed E-state index contributed by atoms with van der Waals surface area (Å²) in [5, 5.41) is 2.97. The predicted molar refractivity (Wildman–Crippen MR) is 131 cm³/mol. The van der Waals surface area contributed by atoms with Gasteiger partial charge in [0.15, 0.2) is 0 Å². The Morgan fingerprint density at radius 2 is 1.71 bits per heavy atom. The molecule has 0 aliphatic heterocycles. The first-order chi connectivity index (χ1) is 14.9. The van der Waals surface area contributed by atoms with Gasteiger partial charge in [-0.1, -0.05) is 73.0 Å². The van der Waals surface area contributed by atoms with Crippen LogP contribution in [0.4, 0.5) is 0 Å². The van der Waals surface area contributed by atoms with Gasteiger partial charge < -0.3 is 10.2 Å². The molecular weight excluding hydrogens is 404 g/mol. The van der Waals surface area contributed by atoms with Crippen LogP contribution in [-0.2, 0) is 21.8 Å². The molecule has 1 atom stereocenters. The minimum absolute atomic E-state index is 0.0171. The molecule has 0 heterocycles. The van der Waals surface area contributed by atoms with E-state index in [4.69, 9.17) is 0 Å². The van der Waals surface area contributed by atoms with Crippen molar-refractivity contribution in [3.8, 4) is 0 Å². The highest BCUT2D eigenvalue weighted by atomic mass is 32.2. The lowest BCUT2D eigenvalue weighted by Crippen LogP contribution is -2.49. The number of hydrogen-bond donors (Lipinski definition) is 1. The summed E-state index contributed by atoms with van der Waals surface area (Å²) in [5.41, 5.74) is 4.88. The number of carbonyl (C=O) groups is 2. The highest BCUT2D eigenvalue weighted by Gasteiger charge is 2.25. The van der Waals surface area contributed by atoms with Crippen molar-refractivity contribution in [2.45, 2.75) is 58.8 Å². The lowest BCUT2D eigenvalue weighted by Gasteiger charge is -2.28. The number of hydrogen-bond acceptors (Lipinski definition) is 3. The van der Waals surface area contributed by atoms with Gasteiger partial charge in [-0.3, -0.25) is 9.59 Å². The van der Waals surface area contributed by atoms with Crippen molar-refractivity contribution < 1.29 is 9.59 Å². The summed E-state index contributed by atoms with van der Waals surface area (Å²) in [7, 11) is 0. The molecule has 0 fully saturated rings. The highest BCUT2D eigenvalue weighted by Crippen LogP contribution is 2.17. The molecule has 0 saturated heterocycles. The molecule has 0 aliphatic carbocycles. The van der Waals surface area contributed by atoms with Gasteiger partial charge in [0.1, 0.15) is 6.04 Å². The highest BCUT2D eigenvalue weighted by molar-refractivity contribution is 7.99. The molecule has 0 saturated carbocycles. The molecule has 0 aliphatic rings. The van der Waals surface area contributed by atoms with Crippen molar-refractivity contribution in [1.29, 1.82) is 0 Å². The van der Waals surface area contributed by atoms with E-state index < -0.39 is 6.04 Å². The normalized spacial score (nSPS) is 11.7. The first kappa shape index (κ1) is 25.0. The molecule has 2 aromatic carbocycles. The Bertz CT molecular complexity index is 818. The number of thioether (sulfide) groups is 1. The van der Waals surface area contributed by atoms with E-state index in [1.165, 1.54) is 22.3 Å². The maximum absolute atomic E-state index is 13.1. The van der Waals surface area contributed by atoms with Gasteiger partial charge in [-0.05, 0) is 44.7 Å². The predicted octanol–water partition coefficient (Wildman–Crippen LogP) is 4.91. The van der Waals surface area contributed by atoms with Crippen molar-refractivity contribution in [1.82, 2.24) is 10.2 Å². The third-order valence-corrected chi connectivity index (χ3v) is 6.25. The van der Waals surface area contributed by atoms with Gasteiger partial charge in [0.25, 0.3) is 0 Å². The average molecular weight is 441 g/mol. The summed E-state index contributed by atoms with van der Waals surface area (Å²) in [6.07, 6.45) is 2.71. The minimum Gasteiger partial charge on any atom is -0.354 e. The summed E-state index contributed by atoms with van der Waals surface area (Å²) < 4.78 is 0. The van der Waals surface area contributed by atoms with Gasteiger partial charge in [0.05, 0.1) is 5.75 Å². The fourth-order valence-electron chi connectivity index (χ4n) is 3.60. The molecule has 5 heteroatoms. The van der Waals surface area contributed by atoms with Gasteiger partial charge in [0.2, 0.25) is 11.8 Å². The monoisotopic (exact) mass is 440 g/mol. The summed E-state index contributed by atoms with van der Waals surface area (Å²) in [4.78, 5) is 27.5. The maximum atomic E-state index is 13.1. The average Bonchev–Trinajstić information content (AvgIpc) is 2.74. The van der Waals surface area contributed by atoms with Crippen LogP contribution in [0, 0.1) is 13.8 Å². The van der Waals surface area contributed by atoms with Crippen LogP contribution in [0.15, 0.2) is 48.5 Å². The van der Waals surface area contributed by atoms with Gasteiger partial charge in [-0.15, -0.1) is 11.8 Å². The molecule has 2 aromatic rings. The van der Waals surface area contributed by atoms with Crippen LogP contribution in [0.2, 0.25) is 0 Å². The first-order valence-corrected chi connectivity index (χ1v) is 12.3. The van der Waals surface area contributed by atoms with E-state index in [1.807, 2.05) is 25.1 Å². The van der Waals surface area contributed by atoms with Crippen LogP contribution in [0.5, 0.6) is 0 Å². The Morgan fingerprint density at radius 1 is 1.03 bits per heavy atom. The van der Waals surface area contributed by atoms with Crippen molar-refractivity contribution in [2.24, 2.45) is 0 Å². The quantitative estimate of drug-likeness (QED) is 0.477. The Balaban J connectivity index is 1.99. The second-order valence-corrected chi connectivity index (χ2v) is 9.12.